The van der Waals surface area contributed by atoms with Gasteiger partial charge in [0.1, 0.15) is 21.7 Å². The molecule has 8 heteroatoms. The van der Waals surface area contributed by atoms with E-state index in [-0.39, 0.29) is 0 Å². The van der Waals surface area contributed by atoms with Crippen LogP contribution in [0.3, 0.4) is 0 Å². The van der Waals surface area contributed by atoms with Gasteiger partial charge in [0.15, 0.2) is 0 Å². The number of aryl methyl sites for hydroxylation is 2. The summed E-state index contributed by atoms with van der Waals surface area (Å²) in [6.07, 6.45) is 0.958. The molecule has 3 heterocycles. The van der Waals surface area contributed by atoms with Gasteiger partial charge in [-0.15, -0.1) is 11.3 Å². The number of aromatic nitrogens is 2. The minimum atomic E-state index is -3.45. The smallest absolute Gasteiger partial charge is 0.215 e. The largest absolute Gasteiger partial charge is 0.353 e. The predicted molar refractivity (Wildman–Crippen MR) is 80.6 cm³/mol. The molecular formula is C12H16N4O2S2. The van der Waals surface area contributed by atoms with Gasteiger partial charge in [-0.05, 0) is 19.4 Å². The van der Waals surface area contributed by atoms with Gasteiger partial charge in [-0.2, -0.15) is 0 Å². The molecule has 2 N–H and O–H groups in total. The molecule has 0 radical (unpaired) electrons. The molecular weight excluding hydrogens is 296 g/mol. The lowest BCUT2D eigenvalue weighted by molar-refractivity contribution is 0.541. The number of sulfonamides is 1. The van der Waals surface area contributed by atoms with Crippen LogP contribution in [0.2, 0.25) is 0 Å². The highest BCUT2D eigenvalue weighted by Crippen LogP contribution is 2.33. The van der Waals surface area contributed by atoms with Crippen LogP contribution in [0, 0.1) is 6.92 Å². The first kappa shape index (κ1) is 13.7. The Balaban J connectivity index is 1.98. The summed E-state index contributed by atoms with van der Waals surface area (Å²) in [6, 6.07) is 2.10. The number of hydrogen-bond donors (Lipinski definition) is 1. The maximum Gasteiger partial charge on any atom is 0.215 e. The second-order valence-electron chi connectivity index (χ2n) is 5.00. The van der Waals surface area contributed by atoms with Gasteiger partial charge in [-0.1, -0.05) is 6.92 Å². The number of nitrogens with two attached hydrogens (primary N) is 1. The molecule has 2 aromatic rings. The highest BCUT2D eigenvalue weighted by atomic mass is 32.2. The van der Waals surface area contributed by atoms with E-state index in [1.165, 1.54) is 4.88 Å². The van der Waals surface area contributed by atoms with Crippen molar-refractivity contribution in [2.45, 2.75) is 25.5 Å². The monoisotopic (exact) mass is 312 g/mol. The zero-order valence-electron chi connectivity index (χ0n) is 11.3. The summed E-state index contributed by atoms with van der Waals surface area (Å²) >= 11 is 1.66. The fraction of sp³-hybridized carbons (Fsp3) is 0.500. The molecule has 0 unspecified atom stereocenters. The molecule has 0 saturated carbocycles. The fourth-order valence-corrected chi connectivity index (χ4v) is 4.08. The first-order chi connectivity index (χ1) is 9.38. The van der Waals surface area contributed by atoms with E-state index >= 15 is 0 Å². The van der Waals surface area contributed by atoms with Crippen LogP contribution in [0.15, 0.2) is 6.07 Å². The van der Waals surface area contributed by atoms with E-state index in [1.54, 1.807) is 11.3 Å². The predicted octanol–water partition coefficient (Wildman–Crippen LogP) is 1.04. The Labute approximate surface area is 121 Å². The number of rotatable bonds is 3. The van der Waals surface area contributed by atoms with Gasteiger partial charge in [0.25, 0.3) is 0 Å². The van der Waals surface area contributed by atoms with Gasteiger partial charge in [-0.3, -0.25) is 0 Å². The average Bonchev–Trinajstić information content (AvgIpc) is 2.67. The van der Waals surface area contributed by atoms with Gasteiger partial charge in [0, 0.05) is 18.0 Å². The minimum Gasteiger partial charge on any atom is -0.353 e. The van der Waals surface area contributed by atoms with Gasteiger partial charge in [-0.25, -0.2) is 23.5 Å². The molecule has 1 saturated heterocycles. The van der Waals surface area contributed by atoms with Crippen molar-refractivity contribution in [1.29, 1.82) is 0 Å². The molecule has 0 aromatic carbocycles. The van der Waals surface area contributed by atoms with E-state index in [9.17, 15) is 8.42 Å². The quantitative estimate of drug-likeness (QED) is 0.914. The molecule has 0 bridgehead atoms. The second-order valence-corrected chi connectivity index (χ2v) is 7.96. The summed E-state index contributed by atoms with van der Waals surface area (Å²) in [6.45, 7) is 4.76. The van der Waals surface area contributed by atoms with E-state index in [1.807, 2.05) is 11.8 Å². The maximum absolute atomic E-state index is 11.3. The van der Waals surface area contributed by atoms with Gasteiger partial charge < -0.3 is 4.90 Å². The van der Waals surface area contributed by atoms with Crippen LogP contribution in [-0.4, -0.2) is 36.7 Å². The van der Waals surface area contributed by atoms with Crippen molar-refractivity contribution in [3.8, 4) is 0 Å². The number of thiophene rings is 1. The van der Waals surface area contributed by atoms with Gasteiger partial charge in [0.05, 0.1) is 5.39 Å². The highest BCUT2D eigenvalue weighted by molar-refractivity contribution is 7.89. The van der Waals surface area contributed by atoms with Crippen molar-refractivity contribution in [2.75, 3.05) is 18.0 Å². The standard InChI is InChI=1S/C12H16N4O2S2/c1-3-8-4-10-11(14-7(2)15-12(10)19-8)16-5-9(6-16)20(13,17)18/h4,9H,3,5-6H2,1-2H3,(H2,13,17,18). The molecule has 0 atom stereocenters. The van der Waals surface area contributed by atoms with Crippen LogP contribution in [-0.2, 0) is 16.4 Å². The third-order valence-electron chi connectivity index (χ3n) is 3.50. The lowest BCUT2D eigenvalue weighted by Gasteiger charge is -2.38. The van der Waals surface area contributed by atoms with Crippen LogP contribution < -0.4 is 10.0 Å². The number of primary sulfonamides is 1. The summed E-state index contributed by atoms with van der Waals surface area (Å²) in [7, 11) is -3.45. The summed E-state index contributed by atoms with van der Waals surface area (Å²) < 4.78 is 22.6. The Morgan fingerprint density at radius 2 is 2.15 bits per heavy atom. The van der Waals surface area contributed by atoms with Crippen molar-refractivity contribution in [2.24, 2.45) is 5.14 Å². The van der Waals surface area contributed by atoms with E-state index in [4.69, 9.17) is 5.14 Å². The van der Waals surface area contributed by atoms with Crippen LogP contribution in [0.1, 0.15) is 17.6 Å². The van der Waals surface area contributed by atoms with Crippen LogP contribution >= 0.6 is 11.3 Å². The third-order valence-corrected chi connectivity index (χ3v) is 5.90. The zero-order valence-corrected chi connectivity index (χ0v) is 13.0. The molecule has 0 aliphatic carbocycles. The zero-order chi connectivity index (χ0) is 14.5. The van der Waals surface area contributed by atoms with Crippen molar-refractivity contribution < 1.29 is 8.42 Å². The summed E-state index contributed by atoms with van der Waals surface area (Å²) in [4.78, 5) is 13.1. The second kappa shape index (κ2) is 4.64. The van der Waals surface area contributed by atoms with Crippen LogP contribution in [0.5, 0.6) is 0 Å². The van der Waals surface area contributed by atoms with Gasteiger partial charge in [0.2, 0.25) is 10.0 Å². The van der Waals surface area contributed by atoms with Crippen LogP contribution in [0.4, 0.5) is 5.82 Å². The Morgan fingerprint density at radius 3 is 2.75 bits per heavy atom. The molecule has 3 rings (SSSR count). The van der Waals surface area contributed by atoms with Crippen LogP contribution in [0.25, 0.3) is 10.2 Å². The van der Waals surface area contributed by atoms with Crippen molar-refractivity contribution in [3.05, 3.63) is 16.8 Å². The number of fused-ring (bicyclic) bond motifs is 1. The average molecular weight is 312 g/mol. The Hall–Kier alpha value is -1.25. The molecule has 1 fully saturated rings. The highest BCUT2D eigenvalue weighted by Gasteiger charge is 2.36. The summed E-state index contributed by atoms with van der Waals surface area (Å²) in [5.74, 6) is 1.53. The molecule has 108 valence electrons. The Bertz CT molecular complexity index is 763. The molecule has 1 aliphatic heterocycles. The molecule has 6 nitrogen and oxygen atoms in total. The van der Waals surface area contributed by atoms with Crippen molar-refractivity contribution >= 4 is 37.4 Å². The lowest BCUT2D eigenvalue weighted by atomic mass is 10.2. The topological polar surface area (TPSA) is 89.2 Å². The van der Waals surface area contributed by atoms with E-state index in [0.717, 1.165) is 22.5 Å². The summed E-state index contributed by atoms with van der Waals surface area (Å²) in [5, 5.41) is 5.68. The lowest BCUT2D eigenvalue weighted by Crippen LogP contribution is -2.57. The molecule has 0 spiro atoms. The molecule has 2 aromatic heterocycles. The Morgan fingerprint density at radius 1 is 1.45 bits per heavy atom. The number of hydrogen-bond acceptors (Lipinski definition) is 6. The van der Waals surface area contributed by atoms with E-state index in [0.29, 0.717) is 18.9 Å². The van der Waals surface area contributed by atoms with Gasteiger partial charge >= 0.3 is 0 Å². The SMILES string of the molecule is CCc1cc2c(N3CC(S(N)(=O)=O)C3)nc(C)nc2s1. The molecule has 20 heavy (non-hydrogen) atoms. The normalized spacial score (nSPS) is 16.6. The fourth-order valence-electron chi connectivity index (χ4n) is 2.29. The Kier molecular flexibility index (Phi) is 3.19. The number of anilines is 1. The minimum absolute atomic E-state index is 0.404. The van der Waals surface area contributed by atoms with E-state index < -0.39 is 15.3 Å². The molecule has 1 aliphatic rings. The maximum atomic E-state index is 11.3. The molecule has 0 amide bonds. The van der Waals surface area contributed by atoms with Crippen molar-refractivity contribution in [1.82, 2.24) is 9.97 Å². The first-order valence-electron chi connectivity index (χ1n) is 6.42. The summed E-state index contributed by atoms with van der Waals surface area (Å²) in [5.41, 5.74) is 0. The van der Waals surface area contributed by atoms with E-state index in [2.05, 4.69) is 23.0 Å². The number of nitrogens with zero attached hydrogens (tertiary/aromatic N) is 3. The van der Waals surface area contributed by atoms with Crippen molar-refractivity contribution in [3.63, 3.8) is 0 Å². The first-order valence-corrected chi connectivity index (χ1v) is 8.84. The third kappa shape index (κ3) is 2.27.